The number of rotatable bonds is 2. The van der Waals surface area contributed by atoms with Crippen molar-refractivity contribution in [3.8, 4) is 17.3 Å². The average Bonchev–Trinajstić information content (AvgIpc) is 2.81. The summed E-state index contributed by atoms with van der Waals surface area (Å²) in [6.45, 7) is 0. The SMILES string of the molecule is N#CCc1c(-c2ccncc2)nc2cccc(Br)n12. The Bertz CT molecular complexity index is 771. The highest BCUT2D eigenvalue weighted by Gasteiger charge is 2.14. The lowest BCUT2D eigenvalue weighted by atomic mass is 10.1. The van der Waals surface area contributed by atoms with Crippen molar-refractivity contribution < 1.29 is 0 Å². The summed E-state index contributed by atoms with van der Waals surface area (Å²) in [7, 11) is 0. The Kier molecular flexibility index (Phi) is 3.02. The minimum atomic E-state index is 0.307. The van der Waals surface area contributed by atoms with E-state index in [0.717, 1.165) is 27.2 Å². The molecule has 19 heavy (non-hydrogen) atoms. The second-order valence-electron chi connectivity index (χ2n) is 4.02. The lowest BCUT2D eigenvalue weighted by Crippen LogP contribution is -1.95. The van der Waals surface area contributed by atoms with Crippen molar-refractivity contribution >= 4 is 21.6 Å². The second kappa shape index (κ2) is 4.82. The molecule has 5 heteroatoms. The van der Waals surface area contributed by atoms with E-state index in [1.54, 1.807) is 12.4 Å². The number of nitrogens with zero attached hydrogens (tertiary/aromatic N) is 4. The van der Waals surface area contributed by atoms with Crippen LogP contribution in [0.5, 0.6) is 0 Å². The average molecular weight is 313 g/mol. The van der Waals surface area contributed by atoms with Crippen molar-refractivity contribution in [3.05, 3.63) is 53.0 Å². The van der Waals surface area contributed by atoms with Gasteiger partial charge < -0.3 is 0 Å². The molecule has 0 aliphatic rings. The van der Waals surface area contributed by atoms with Crippen LogP contribution >= 0.6 is 15.9 Å². The Morgan fingerprint density at radius 2 is 2.00 bits per heavy atom. The summed E-state index contributed by atoms with van der Waals surface area (Å²) in [5, 5.41) is 9.04. The first-order valence-electron chi connectivity index (χ1n) is 5.74. The first-order valence-corrected chi connectivity index (χ1v) is 6.54. The standard InChI is InChI=1S/C14H9BrN4/c15-12-2-1-3-13-18-14(10-5-8-17-9-6-10)11(4-7-16)19(12)13/h1-3,5-6,8-9H,4H2. The molecule has 0 spiro atoms. The first kappa shape index (κ1) is 11.9. The van der Waals surface area contributed by atoms with E-state index in [2.05, 4.69) is 32.0 Å². The lowest BCUT2D eigenvalue weighted by molar-refractivity contribution is 1.03. The highest BCUT2D eigenvalue weighted by atomic mass is 79.9. The van der Waals surface area contributed by atoms with E-state index in [1.165, 1.54) is 0 Å². The van der Waals surface area contributed by atoms with Crippen molar-refractivity contribution in [1.82, 2.24) is 14.4 Å². The lowest BCUT2D eigenvalue weighted by Gasteiger charge is -2.02. The molecule has 0 bridgehead atoms. The fraction of sp³-hybridized carbons (Fsp3) is 0.0714. The van der Waals surface area contributed by atoms with Crippen LogP contribution in [0.1, 0.15) is 5.69 Å². The van der Waals surface area contributed by atoms with Crippen molar-refractivity contribution in [1.29, 1.82) is 5.26 Å². The first-order chi connectivity index (χ1) is 9.31. The summed E-state index contributed by atoms with van der Waals surface area (Å²) in [5.41, 5.74) is 3.51. The van der Waals surface area contributed by atoms with Crippen LogP contribution in [0.25, 0.3) is 16.9 Å². The van der Waals surface area contributed by atoms with E-state index in [0.29, 0.717) is 6.42 Å². The van der Waals surface area contributed by atoms with Gasteiger partial charge in [-0.15, -0.1) is 0 Å². The molecule has 0 aromatic carbocycles. The van der Waals surface area contributed by atoms with Crippen LogP contribution in [0, 0.1) is 11.3 Å². The molecule has 0 aliphatic carbocycles. The van der Waals surface area contributed by atoms with E-state index in [-0.39, 0.29) is 0 Å². The molecule has 3 heterocycles. The van der Waals surface area contributed by atoms with Crippen LogP contribution < -0.4 is 0 Å². The number of halogens is 1. The Labute approximate surface area is 118 Å². The third kappa shape index (κ3) is 2.00. The van der Waals surface area contributed by atoms with Crippen LogP contribution in [-0.4, -0.2) is 14.4 Å². The molecule has 92 valence electrons. The van der Waals surface area contributed by atoms with Gasteiger partial charge in [0.15, 0.2) is 0 Å². The molecule has 0 saturated carbocycles. The van der Waals surface area contributed by atoms with Gasteiger partial charge in [0.25, 0.3) is 0 Å². The number of hydrogen-bond donors (Lipinski definition) is 0. The zero-order valence-corrected chi connectivity index (χ0v) is 11.5. The molecule has 0 saturated heterocycles. The van der Waals surface area contributed by atoms with Crippen LogP contribution in [0.3, 0.4) is 0 Å². The van der Waals surface area contributed by atoms with Gasteiger partial charge >= 0.3 is 0 Å². The minimum absolute atomic E-state index is 0.307. The predicted octanol–water partition coefficient (Wildman–Crippen LogP) is 3.22. The van der Waals surface area contributed by atoms with Crippen molar-refractivity contribution in [2.24, 2.45) is 0 Å². The maximum atomic E-state index is 9.04. The van der Waals surface area contributed by atoms with Gasteiger partial charge in [-0.3, -0.25) is 9.38 Å². The van der Waals surface area contributed by atoms with Gasteiger partial charge in [0.05, 0.1) is 28.5 Å². The summed E-state index contributed by atoms with van der Waals surface area (Å²) in [6.07, 6.45) is 3.76. The quantitative estimate of drug-likeness (QED) is 0.683. The fourth-order valence-corrected chi connectivity index (χ4v) is 2.64. The number of fused-ring (bicyclic) bond motifs is 1. The van der Waals surface area contributed by atoms with E-state index in [9.17, 15) is 0 Å². The van der Waals surface area contributed by atoms with E-state index >= 15 is 0 Å². The number of hydrogen-bond acceptors (Lipinski definition) is 3. The molecule has 3 rings (SSSR count). The summed E-state index contributed by atoms with van der Waals surface area (Å²) in [4.78, 5) is 8.63. The van der Waals surface area contributed by atoms with Crippen molar-refractivity contribution in [2.45, 2.75) is 6.42 Å². The normalized spacial score (nSPS) is 10.5. The number of pyridine rings is 2. The number of imidazole rings is 1. The number of nitriles is 1. The highest BCUT2D eigenvalue weighted by molar-refractivity contribution is 9.10. The largest absolute Gasteiger partial charge is 0.289 e. The smallest absolute Gasteiger partial charge is 0.138 e. The van der Waals surface area contributed by atoms with Gasteiger partial charge in [-0.25, -0.2) is 4.98 Å². The van der Waals surface area contributed by atoms with Crippen LogP contribution in [0.2, 0.25) is 0 Å². The monoisotopic (exact) mass is 312 g/mol. The molecule has 4 nitrogen and oxygen atoms in total. The molecule has 0 fully saturated rings. The Balaban J connectivity index is 2.34. The summed E-state index contributed by atoms with van der Waals surface area (Å²) in [6, 6.07) is 11.8. The fourth-order valence-electron chi connectivity index (χ4n) is 2.09. The van der Waals surface area contributed by atoms with Crippen LogP contribution in [0.15, 0.2) is 47.3 Å². The molecule has 0 N–H and O–H groups in total. The van der Waals surface area contributed by atoms with Gasteiger partial charge in [-0.1, -0.05) is 6.07 Å². The van der Waals surface area contributed by atoms with E-state index in [1.807, 2.05) is 34.7 Å². The molecule has 0 aliphatic heterocycles. The van der Waals surface area contributed by atoms with Crippen molar-refractivity contribution in [3.63, 3.8) is 0 Å². The molecular formula is C14H9BrN4. The van der Waals surface area contributed by atoms with Gasteiger partial charge in [-0.2, -0.15) is 5.26 Å². The molecule has 0 unspecified atom stereocenters. The summed E-state index contributed by atoms with van der Waals surface area (Å²) < 4.78 is 2.85. The van der Waals surface area contributed by atoms with Crippen molar-refractivity contribution in [2.75, 3.05) is 0 Å². The minimum Gasteiger partial charge on any atom is -0.289 e. The number of aromatic nitrogens is 3. The Hall–Kier alpha value is -2.19. The third-order valence-electron chi connectivity index (χ3n) is 2.89. The summed E-state index contributed by atoms with van der Waals surface area (Å²) >= 11 is 3.50. The third-order valence-corrected chi connectivity index (χ3v) is 3.51. The molecular weight excluding hydrogens is 304 g/mol. The van der Waals surface area contributed by atoms with Gasteiger partial charge in [0.1, 0.15) is 5.65 Å². The molecule has 0 atom stereocenters. The zero-order valence-electron chi connectivity index (χ0n) is 9.92. The topological polar surface area (TPSA) is 54.0 Å². The summed E-state index contributed by atoms with van der Waals surface area (Å²) in [5.74, 6) is 0. The zero-order chi connectivity index (χ0) is 13.2. The molecule has 0 radical (unpaired) electrons. The van der Waals surface area contributed by atoms with Gasteiger partial charge in [0, 0.05) is 18.0 Å². The highest BCUT2D eigenvalue weighted by Crippen LogP contribution is 2.27. The maximum Gasteiger partial charge on any atom is 0.138 e. The second-order valence-corrected chi connectivity index (χ2v) is 4.83. The molecule has 0 amide bonds. The maximum absolute atomic E-state index is 9.04. The van der Waals surface area contributed by atoms with Gasteiger partial charge in [-0.05, 0) is 40.2 Å². The van der Waals surface area contributed by atoms with Crippen LogP contribution in [-0.2, 0) is 6.42 Å². The Morgan fingerprint density at radius 1 is 1.21 bits per heavy atom. The molecule has 3 aromatic rings. The van der Waals surface area contributed by atoms with E-state index in [4.69, 9.17) is 5.26 Å². The molecule has 3 aromatic heterocycles. The van der Waals surface area contributed by atoms with E-state index < -0.39 is 0 Å². The Morgan fingerprint density at radius 3 is 2.74 bits per heavy atom. The van der Waals surface area contributed by atoms with Gasteiger partial charge in [0.2, 0.25) is 0 Å². The van der Waals surface area contributed by atoms with Crippen LogP contribution in [0.4, 0.5) is 0 Å². The predicted molar refractivity (Wildman–Crippen MR) is 75.4 cm³/mol.